The van der Waals surface area contributed by atoms with Crippen molar-refractivity contribution >= 4 is 28.8 Å². The second-order valence-corrected chi connectivity index (χ2v) is 6.11. The van der Waals surface area contributed by atoms with Crippen molar-refractivity contribution < 1.29 is 9.53 Å². The van der Waals surface area contributed by atoms with Crippen LogP contribution in [0.4, 0.5) is 0 Å². The molecular formula is C12H17ClN2O2S. The zero-order chi connectivity index (χ0) is 13.2. The van der Waals surface area contributed by atoms with Crippen LogP contribution in [0, 0.1) is 6.92 Å². The van der Waals surface area contributed by atoms with Crippen LogP contribution < -0.4 is 5.32 Å². The maximum atomic E-state index is 11.9. The molecule has 0 radical (unpaired) electrons. The van der Waals surface area contributed by atoms with Crippen LogP contribution in [0.15, 0.2) is 5.38 Å². The maximum Gasteiger partial charge on any atom is 0.238 e. The molecule has 0 saturated carbocycles. The Labute approximate surface area is 116 Å². The normalized spacial score (nSPS) is 20.4. The number of carbonyl (C=O) groups is 1. The Morgan fingerprint density at radius 3 is 2.78 bits per heavy atom. The number of ether oxygens (including phenoxy) is 1. The highest BCUT2D eigenvalue weighted by Gasteiger charge is 2.39. The minimum absolute atomic E-state index is 0.147. The van der Waals surface area contributed by atoms with Gasteiger partial charge in [0.1, 0.15) is 10.4 Å². The highest BCUT2D eigenvalue weighted by Crippen LogP contribution is 2.34. The molecule has 1 aromatic heterocycles. The van der Waals surface area contributed by atoms with Crippen molar-refractivity contribution in [2.24, 2.45) is 0 Å². The first-order valence-corrected chi connectivity index (χ1v) is 7.31. The fourth-order valence-corrected chi connectivity index (χ4v) is 3.09. The van der Waals surface area contributed by atoms with Crippen LogP contribution in [0.25, 0.3) is 0 Å². The van der Waals surface area contributed by atoms with Gasteiger partial charge in [-0.05, 0) is 13.8 Å². The number of alkyl halides is 1. The van der Waals surface area contributed by atoms with Crippen molar-refractivity contribution in [3.8, 4) is 0 Å². The van der Waals surface area contributed by atoms with Crippen molar-refractivity contribution in [3.05, 3.63) is 16.1 Å². The van der Waals surface area contributed by atoms with E-state index in [0.717, 1.165) is 23.5 Å². The quantitative estimate of drug-likeness (QED) is 0.868. The molecule has 1 aliphatic rings. The number of amides is 1. The van der Waals surface area contributed by atoms with Crippen molar-refractivity contribution in [1.82, 2.24) is 10.3 Å². The molecule has 1 aliphatic heterocycles. The summed E-state index contributed by atoms with van der Waals surface area (Å²) in [7, 11) is 0. The molecular weight excluding hydrogens is 272 g/mol. The lowest BCUT2D eigenvalue weighted by molar-refractivity contribution is -0.123. The van der Waals surface area contributed by atoms with Crippen LogP contribution in [0.5, 0.6) is 0 Å². The van der Waals surface area contributed by atoms with Crippen LogP contribution in [0.1, 0.15) is 30.5 Å². The second-order valence-electron chi connectivity index (χ2n) is 4.59. The van der Waals surface area contributed by atoms with Crippen LogP contribution >= 0.6 is 22.9 Å². The Balaban J connectivity index is 2.25. The molecule has 1 amide bonds. The number of nitrogens with one attached hydrogen (secondary N) is 1. The van der Waals surface area contributed by atoms with Gasteiger partial charge in [0.15, 0.2) is 0 Å². The number of hydrogen-bond acceptors (Lipinski definition) is 4. The first-order valence-electron chi connectivity index (χ1n) is 6.00. The van der Waals surface area contributed by atoms with E-state index in [9.17, 15) is 4.79 Å². The Hall–Kier alpha value is -0.650. The summed E-state index contributed by atoms with van der Waals surface area (Å²) in [5.41, 5.74) is 0.575. The third kappa shape index (κ3) is 2.84. The minimum Gasteiger partial charge on any atom is -0.381 e. The number of aryl methyl sites for hydroxylation is 1. The first-order chi connectivity index (χ1) is 8.53. The van der Waals surface area contributed by atoms with Gasteiger partial charge in [0.25, 0.3) is 0 Å². The Morgan fingerprint density at radius 2 is 2.28 bits per heavy atom. The molecule has 2 rings (SSSR count). The van der Waals surface area contributed by atoms with Crippen LogP contribution in [0.2, 0.25) is 0 Å². The van der Waals surface area contributed by atoms with Gasteiger partial charge in [-0.1, -0.05) is 0 Å². The molecule has 18 heavy (non-hydrogen) atoms. The third-order valence-electron chi connectivity index (χ3n) is 3.10. The van der Waals surface area contributed by atoms with Gasteiger partial charge >= 0.3 is 0 Å². The summed E-state index contributed by atoms with van der Waals surface area (Å²) in [6.45, 7) is 4.90. The largest absolute Gasteiger partial charge is 0.381 e. The zero-order valence-electron chi connectivity index (χ0n) is 10.5. The molecule has 6 heteroatoms. The number of aromatic nitrogens is 1. The van der Waals surface area contributed by atoms with Gasteiger partial charge in [-0.2, -0.15) is 0 Å². The monoisotopic (exact) mass is 288 g/mol. The molecule has 1 N–H and O–H groups in total. The smallest absolute Gasteiger partial charge is 0.238 e. The van der Waals surface area contributed by atoms with Crippen molar-refractivity contribution in [2.45, 2.75) is 37.6 Å². The van der Waals surface area contributed by atoms with E-state index in [1.807, 2.05) is 12.3 Å². The van der Waals surface area contributed by atoms with E-state index in [-0.39, 0.29) is 5.91 Å². The zero-order valence-corrected chi connectivity index (χ0v) is 12.1. The summed E-state index contributed by atoms with van der Waals surface area (Å²) in [6, 6.07) is 0. The van der Waals surface area contributed by atoms with E-state index in [1.165, 1.54) is 0 Å². The molecule has 1 atom stereocenters. The molecule has 0 spiro atoms. The summed E-state index contributed by atoms with van der Waals surface area (Å²) in [6.07, 6.45) is 1.49. The summed E-state index contributed by atoms with van der Waals surface area (Å²) in [4.78, 5) is 16.4. The fourth-order valence-electron chi connectivity index (χ4n) is 2.02. The number of carbonyl (C=O) groups excluding carboxylic acids is 1. The predicted octanol–water partition coefficient (Wildman–Crippen LogP) is 2.20. The number of thiazole rings is 1. The Kier molecular flexibility index (Phi) is 4.25. The van der Waals surface area contributed by atoms with Crippen LogP contribution in [-0.4, -0.2) is 29.5 Å². The first kappa shape index (κ1) is 13.8. The van der Waals surface area contributed by atoms with E-state index >= 15 is 0 Å². The lowest BCUT2D eigenvalue weighted by Gasteiger charge is -2.36. The highest BCUT2D eigenvalue weighted by atomic mass is 35.5. The number of rotatable bonds is 3. The summed E-state index contributed by atoms with van der Waals surface area (Å²) in [5.74, 6) is -0.147. The second kappa shape index (κ2) is 5.55. The van der Waals surface area contributed by atoms with Gasteiger partial charge in [0.2, 0.25) is 5.91 Å². The van der Waals surface area contributed by atoms with Gasteiger partial charge in [-0.15, -0.1) is 22.9 Å². The molecule has 1 aromatic rings. The number of hydrogen-bond donors (Lipinski definition) is 1. The van der Waals surface area contributed by atoms with Crippen molar-refractivity contribution in [3.63, 3.8) is 0 Å². The van der Waals surface area contributed by atoms with E-state index < -0.39 is 10.9 Å². The molecule has 4 nitrogen and oxygen atoms in total. The Bertz CT molecular complexity index is 427. The van der Waals surface area contributed by atoms with Gasteiger partial charge in [0.05, 0.1) is 5.54 Å². The average molecular weight is 289 g/mol. The van der Waals surface area contributed by atoms with Gasteiger partial charge in [-0.25, -0.2) is 4.98 Å². The molecule has 1 unspecified atom stereocenters. The van der Waals surface area contributed by atoms with E-state index in [1.54, 1.807) is 18.3 Å². The highest BCUT2D eigenvalue weighted by molar-refractivity contribution is 7.09. The average Bonchev–Trinajstić information content (AvgIpc) is 2.77. The molecule has 0 aliphatic carbocycles. The van der Waals surface area contributed by atoms with Crippen molar-refractivity contribution in [1.29, 1.82) is 0 Å². The predicted molar refractivity (Wildman–Crippen MR) is 72.0 cm³/mol. The topological polar surface area (TPSA) is 51.2 Å². The summed E-state index contributed by atoms with van der Waals surface area (Å²) >= 11 is 7.43. The van der Waals surface area contributed by atoms with Gasteiger partial charge in [-0.3, -0.25) is 4.79 Å². The lowest BCUT2D eigenvalue weighted by Crippen LogP contribution is -2.51. The van der Waals surface area contributed by atoms with E-state index in [0.29, 0.717) is 13.2 Å². The molecule has 0 bridgehead atoms. The fraction of sp³-hybridized carbons (Fsp3) is 0.667. The third-order valence-corrected chi connectivity index (χ3v) is 4.46. The summed E-state index contributed by atoms with van der Waals surface area (Å²) < 4.78 is 5.39. The minimum atomic E-state index is -0.536. The van der Waals surface area contributed by atoms with Crippen LogP contribution in [0.3, 0.4) is 0 Å². The molecule has 0 aromatic carbocycles. The molecule has 100 valence electrons. The Morgan fingerprint density at radius 1 is 1.61 bits per heavy atom. The molecule has 1 fully saturated rings. The summed E-state index contributed by atoms with van der Waals surface area (Å²) in [5, 5.41) is 5.48. The van der Waals surface area contributed by atoms with Crippen LogP contribution in [-0.2, 0) is 15.1 Å². The van der Waals surface area contributed by atoms with Gasteiger partial charge in [0, 0.05) is 37.1 Å². The van der Waals surface area contributed by atoms with Crippen molar-refractivity contribution in [2.75, 3.05) is 13.2 Å². The SMILES string of the molecule is Cc1csc(C2(NC(=O)C(C)Cl)CCOCC2)n1. The maximum absolute atomic E-state index is 11.9. The number of halogens is 1. The van der Waals surface area contributed by atoms with E-state index in [2.05, 4.69) is 10.3 Å². The lowest BCUT2D eigenvalue weighted by atomic mass is 9.90. The number of nitrogens with zero attached hydrogens (tertiary/aromatic N) is 1. The van der Waals surface area contributed by atoms with Gasteiger partial charge < -0.3 is 10.1 Å². The standard InChI is InChI=1S/C12H17ClN2O2S/c1-8-7-18-11(14-8)12(3-5-17-6-4-12)15-10(16)9(2)13/h7,9H,3-6H2,1-2H3,(H,15,16). The van der Waals surface area contributed by atoms with E-state index in [4.69, 9.17) is 16.3 Å². The molecule has 2 heterocycles. The molecule has 1 saturated heterocycles.